The molecule has 0 radical (unpaired) electrons. The minimum Gasteiger partial charge on any atom is -0.396 e. The molecule has 3 aliphatic rings. The number of rotatable bonds is 9. The first-order chi connectivity index (χ1) is 17.9. The highest BCUT2D eigenvalue weighted by Crippen LogP contribution is 2.68. The van der Waals surface area contributed by atoms with Crippen molar-refractivity contribution >= 4 is 52.5 Å². The first-order valence-corrected chi connectivity index (χ1v) is 14.1. The number of carbonyl (C=O) groups excluding carboxylic acids is 3. The van der Waals surface area contributed by atoms with Crippen molar-refractivity contribution in [2.45, 2.75) is 48.6 Å². The van der Waals surface area contributed by atoms with Crippen LogP contribution in [0.5, 0.6) is 0 Å². The molecule has 0 aromatic heterocycles. The molecule has 3 saturated heterocycles. The van der Waals surface area contributed by atoms with E-state index in [2.05, 4.69) is 17.6 Å². The molecule has 5 rings (SSSR count). The lowest BCUT2D eigenvalue weighted by Gasteiger charge is -2.38. The van der Waals surface area contributed by atoms with E-state index in [0.29, 0.717) is 35.8 Å². The molecule has 196 valence electrons. The van der Waals surface area contributed by atoms with Gasteiger partial charge in [-0.25, -0.2) is 0 Å². The van der Waals surface area contributed by atoms with Gasteiger partial charge in [-0.05, 0) is 68.0 Å². The number of unbranched alkanes of at least 4 members (excludes halogenated alkanes) is 2. The lowest BCUT2D eigenvalue weighted by atomic mass is 9.66. The Balaban J connectivity index is 1.46. The average molecular weight is 542 g/mol. The highest BCUT2D eigenvalue weighted by atomic mass is 35.5. The van der Waals surface area contributed by atoms with Crippen molar-refractivity contribution in [1.82, 2.24) is 4.90 Å². The third-order valence-electron chi connectivity index (χ3n) is 8.01. The van der Waals surface area contributed by atoms with Crippen molar-refractivity contribution in [3.8, 4) is 0 Å². The molecule has 2 aromatic carbocycles. The molecule has 3 unspecified atom stereocenters. The topological polar surface area (TPSA) is 98.7 Å². The van der Waals surface area contributed by atoms with Gasteiger partial charge in [-0.1, -0.05) is 36.7 Å². The maximum atomic E-state index is 14.0. The van der Waals surface area contributed by atoms with Crippen LogP contribution in [0.4, 0.5) is 11.4 Å². The lowest BCUT2D eigenvalue weighted by Crippen LogP contribution is -2.54. The van der Waals surface area contributed by atoms with Crippen LogP contribution in [0.25, 0.3) is 0 Å². The van der Waals surface area contributed by atoms with E-state index in [9.17, 15) is 19.5 Å². The summed E-state index contributed by atoms with van der Waals surface area (Å²) in [5.41, 5.74) is 1.32. The second-order valence-corrected chi connectivity index (χ2v) is 12.2. The number of aliphatic hydroxyl groups is 1. The van der Waals surface area contributed by atoms with Gasteiger partial charge in [-0.2, -0.15) is 0 Å². The number of nitrogens with zero attached hydrogens (tertiary/aromatic N) is 1. The number of para-hydroxylation sites is 1. The number of benzene rings is 2. The largest absolute Gasteiger partial charge is 0.396 e. The van der Waals surface area contributed by atoms with Gasteiger partial charge >= 0.3 is 0 Å². The smallest absolute Gasteiger partial charge is 0.248 e. The zero-order chi connectivity index (χ0) is 26.2. The fraction of sp³-hybridized carbons (Fsp3) is 0.464. The number of fused-ring (bicyclic) bond motifs is 1. The summed E-state index contributed by atoms with van der Waals surface area (Å²) in [4.78, 5) is 43.2. The number of hydrogen-bond donors (Lipinski definition) is 3. The number of nitrogens with one attached hydrogen (secondary N) is 2. The Labute approximate surface area is 226 Å². The third kappa shape index (κ3) is 4.64. The highest BCUT2D eigenvalue weighted by Gasteiger charge is 2.75. The quantitative estimate of drug-likeness (QED) is 0.408. The van der Waals surface area contributed by atoms with Crippen LogP contribution in [-0.2, 0) is 14.4 Å². The second kappa shape index (κ2) is 10.7. The molecule has 0 aliphatic carbocycles. The van der Waals surface area contributed by atoms with E-state index in [0.717, 1.165) is 12.8 Å². The number of hydrogen-bond acceptors (Lipinski definition) is 5. The number of anilines is 2. The summed E-state index contributed by atoms with van der Waals surface area (Å²) in [6.45, 7) is 2.62. The normalized spacial score (nSPS) is 29.9. The van der Waals surface area contributed by atoms with Gasteiger partial charge in [-0.3, -0.25) is 14.4 Å². The minimum atomic E-state index is -0.686. The molecule has 37 heavy (non-hydrogen) atoms. The molecule has 6 atom stereocenters. The Bertz CT molecular complexity index is 1160. The van der Waals surface area contributed by atoms with Crippen molar-refractivity contribution in [3.05, 3.63) is 59.6 Å². The van der Waals surface area contributed by atoms with Crippen molar-refractivity contribution in [2.75, 3.05) is 23.8 Å². The van der Waals surface area contributed by atoms with E-state index in [1.54, 1.807) is 40.9 Å². The van der Waals surface area contributed by atoms with Crippen LogP contribution in [0.3, 0.4) is 0 Å². The Kier molecular flexibility index (Phi) is 7.52. The van der Waals surface area contributed by atoms with Gasteiger partial charge in [-0.15, -0.1) is 11.8 Å². The monoisotopic (exact) mass is 541 g/mol. The molecule has 2 aromatic rings. The van der Waals surface area contributed by atoms with Crippen LogP contribution in [0.15, 0.2) is 54.6 Å². The number of halogens is 1. The van der Waals surface area contributed by atoms with Crippen LogP contribution in [-0.4, -0.2) is 56.9 Å². The predicted octanol–water partition coefficient (Wildman–Crippen LogP) is 4.42. The summed E-state index contributed by atoms with van der Waals surface area (Å²) in [6, 6.07) is 15.5. The lowest BCUT2D eigenvalue weighted by molar-refractivity contribution is -0.138. The van der Waals surface area contributed by atoms with E-state index in [1.807, 2.05) is 30.3 Å². The van der Waals surface area contributed by atoms with Crippen LogP contribution < -0.4 is 10.6 Å². The molecule has 3 heterocycles. The van der Waals surface area contributed by atoms with E-state index in [4.69, 9.17) is 11.6 Å². The van der Waals surface area contributed by atoms with E-state index in [1.165, 1.54) is 0 Å². The molecular weight excluding hydrogens is 510 g/mol. The maximum Gasteiger partial charge on any atom is 0.248 e. The van der Waals surface area contributed by atoms with Gasteiger partial charge < -0.3 is 20.6 Å². The van der Waals surface area contributed by atoms with Crippen molar-refractivity contribution in [3.63, 3.8) is 0 Å². The first kappa shape index (κ1) is 26.1. The van der Waals surface area contributed by atoms with E-state index < -0.39 is 22.6 Å². The van der Waals surface area contributed by atoms with Crippen molar-refractivity contribution < 1.29 is 19.5 Å². The van der Waals surface area contributed by atoms with Gasteiger partial charge in [0.15, 0.2) is 0 Å². The molecule has 3 aliphatic heterocycles. The minimum absolute atomic E-state index is 0.0185. The van der Waals surface area contributed by atoms with Gasteiger partial charge in [0.2, 0.25) is 17.7 Å². The summed E-state index contributed by atoms with van der Waals surface area (Å²) < 4.78 is -0.673. The molecule has 0 saturated carbocycles. The molecule has 3 fully saturated rings. The van der Waals surface area contributed by atoms with Crippen molar-refractivity contribution in [2.24, 2.45) is 17.8 Å². The maximum absolute atomic E-state index is 14.0. The van der Waals surface area contributed by atoms with Gasteiger partial charge in [0.1, 0.15) is 6.04 Å². The standard InChI is InChI=1S/C28H32ClN3O4S/c1-17-16-21-22(25(34)30-19-8-4-2-5-9-19)23-27(36)32(14-6-3-7-15-33)24(28(17,23)37-21)26(35)31-20-12-10-18(29)11-13-20/h2,4-5,8-13,17,21-24,33H,3,6-7,14-16H2,1H3,(H,30,34)(H,31,35)/t17?,21-,22+,23-,24?,28?/m0/s1. The molecule has 3 amide bonds. The zero-order valence-corrected chi connectivity index (χ0v) is 22.3. The van der Waals surface area contributed by atoms with Crippen LogP contribution >= 0.6 is 23.4 Å². The number of thioether (sulfide) groups is 1. The van der Waals surface area contributed by atoms with Gasteiger partial charge in [0, 0.05) is 34.8 Å². The summed E-state index contributed by atoms with van der Waals surface area (Å²) in [5.74, 6) is -1.47. The molecule has 9 heteroatoms. The highest BCUT2D eigenvalue weighted by molar-refractivity contribution is 8.02. The third-order valence-corrected chi connectivity index (χ3v) is 10.3. The van der Waals surface area contributed by atoms with Crippen LogP contribution in [0, 0.1) is 17.8 Å². The summed E-state index contributed by atoms with van der Waals surface area (Å²) >= 11 is 7.68. The predicted molar refractivity (Wildman–Crippen MR) is 146 cm³/mol. The number of likely N-dealkylation sites (tertiary alicyclic amines) is 1. The first-order valence-electron chi connectivity index (χ1n) is 12.9. The van der Waals surface area contributed by atoms with Gasteiger partial charge in [0.05, 0.1) is 16.6 Å². The Morgan fingerprint density at radius 3 is 2.41 bits per heavy atom. The van der Waals surface area contributed by atoms with E-state index >= 15 is 0 Å². The SMILES string of the molecule is CC1C[C@@H]2SC13C(C(=O)Nc1ccc(Cl)cc1)N(CCCCCO)C(=O)[C@@H]3[C@@H]2C(=O)Nc1ccccc1. The Morgan fingerprint density at radius 1 is 1.03 bits per heavy atom. The molecule has 7 nitrogen and oxygen atoms in total. The Morgan fingerprint density at radius 2 is 1.70 bits per heavy atom. The fourth-order valence-corrected chi connectivity index (χ4v) is 8.97. The van der Waals surface area contributed by atoms with Gasteiger partial charge in [0.25, 0.3) is 0 Å². The summed E-state index contributed by atoms with van der Waals surface area (Å²) in [7, 11) is 0. The molecule has 2 bridgehead atoms. The molecule has 1 spiro atoms. The fourth-order valence-electron chi connectivity index (χ4n) is 6.42. The molecular formula is C28H32ClN3O4S. The molecule has 3 N–H and O–H groups in total. The van der Waals surface area contributed by atoms with E-state index in [-0.39, 0.29) is 35.5 Å². The van der Waals surface area contributed by atoms with Crippen molar-refractivity contribution in [1.29, 1.82) is 0 Å². The number of amides is 3. The second-order valence-electron chi connectivity index (χ2n) is 10.2. The summed E-state index contributed by atoms with van der Waals surface area (Å²) in [6.07, 6.45) is 2.87. The van der Waals surface area contributed by atoms with Crippen LogP contribution in [0.1, 0.15) is 32.6 Å². The van der Waals surface area contributed by atoms with Crippen LogP contribution in [0.2, 0.25) is 5.02 Å². The number of aliphatic hydroxyl groups excluding tert-OH is 1. The Hall–Kier alpha value is -2.55. The zero-order valence-electron chi connectivity index (χ0n) is 20.7. The average Bonchev–Trinajstić information content (AvgIpc) is 3.47. The summed E-state index contributed by atoms with van der Waals surface area (Å²) in [5, 5.41) is 15.8. The number of carbonyl (C=O) groups is 3.